The zero-order chi connectivity index (χ0) is 29.6. The van der Waals surface area contributed by atoms with Crippen LogP contribution in [-0.4, -0.2) is 42.8 Å². The van der Waals surface area contributed by atoms with Crippen LogP contribution in [0.2, 0.25) is 0 Å². The lowest BCUT2D eigenvalue weighted by molar-refractivity contribution is -0.376. The molecular formula is C26H21F7N2O4S. The molecule has 4 rings (SSSR count). The van der Waals surface area contributed by atoms with Crippen LogP contribution < -0.4 is 5.32 Å². The summed E-state index contributed by atoms with van der Waals surface area (Å²) in [6.45, 7) is 0. The zero-order valence-electron chi connectivity index (χ0n) is 20.3. The average molecular weight is 591 g/mol. The number of carbonyl (C=O) groups excluding carboxylic acids is 1. The highest BCUT2D eigenvalue weighted by atomic mass is 32.2. The van der Waals surface area contributed by atoms with E-state index in [9.17, 15) is 49.1 Å². The van der Waals surface area contributed by atoms with Crippen molar-refractivity contribution in [1.29, 1.82) is 0 Å². The minimum Gasteiger partial charge on any atom is -0.369 e. The second kappa shape index (κ2) is 10.1. The lowest BCUT2D eigenvalue weighted by Gasteiger charge is -2.47. The minimum absolute atomic E-state index is 0.0428. The Morgan fingerprint density at radius 2 is 1.43 bits per heavy atom. The maximum absolute atomic E-state index is 13.7. The number of hydrogen-bond acceptors (Lipinski definition) is 5. The van der Waals surface area contributed by atoms with Gasteiger partial charge in [-0.2, -0.15) is 26.3 Å². The Bertz CT molecular complexity index is 1450. The van der Waals surface area contributed by atoms with Gasteiger partial charge in [-0.3, -0.25) is 9.78 Å². The van der Waals surface area contributed by atoms with E-state index in [0.29, 0.717) is 17.7 Å². The van der Waals surface area contributed by atoms with Crippen LogP contribution in [0.3, 0.4) is 0 Å². The highest BCUT2D eigenvalue weighted by Crippen LogP contribution is 2.53. The van der Waals surface area contributed by atoms with E-state index >= 15 is 0 Å². The number of benzene rings is 2. The van der Waals surface area contributed by atoms with Gasteiger partial charge in [-0.05, 0) is 60.4 Å². The number of halogens is 7. The van der Waals surface area contributed by atoms with Gasteiger partial charge in [0.25, 0.3) is 5.60 Å². The van der Waals surface area contributed by atoms with Gasteiger partial charge in [0.15, 0.2) is 9.84 Å². The van der Waals surface area contributed by atoms with E-state index in [1.807, 2.05) is 0 Å². The second-order valence-corrected chi connectivity index (χ2v) is 11.7. The fourth-order valence-electron chi connectivity index (χ4n) is 4.76. The SMILES string of the molecule is O=C(Cc1ccncc1)NC1CC(c2ccc(C(O)(C(F)(F)F)C(F)(F)F)cc2)(S(=O)(=O)c2ccc(F)cc2)C1. The Morgan fingerprint density at radius 3 is 1.93 bits per heavy atom. The summed E-state index contributed by atoms with van der Waals surface area (Å²) in [5, 5.41) is 12.4. The summed E-state index contributed by atoms with van der Waals surface area (Å²) < 4.78 is 119. The molecule has 3 aromatic rings. The van der Waals surface area contributed by atoms with Crippen LogP contribution in [0.4, 0.5) is 30.7 Å². The standard InChI is InChI=1S/C26H21F7N2O4S/c27-19-5-7-21(8-6-19)40(38,39)23(14-20(15-23)35-22(36)13-16-9-11-34-12-10-16)17-1-3-18(4-2-17)24(37,25(28,29)30)26(31,32)33/h1-12,20,37H,13-15H2,(H,35,36). The molecule has 40 heavy (non-hydrogen) atoms. The van der Waals surface area contributed by atoms with E-state index in [-0.39, 0.29) is 29.7 Å². The summed E-state index contributed by atoms with van der Waals surface area (Å²) >= 11 is 0. The van der Waals surface area contributed by atoms with Crippen LogP contribution in [0.15, 0.2) is 78.0 Å². The van der Waals surface area contributed by atoms with Crippen LogP contribution in [0.1, 0.15) is 29.5 Å². The molecule has 2 N–H and O–H groups in total. The molecule has 1 aliphatic carbocycles. The number of pyridine rings is 1. The number of nitrogens with zero attached hydrogens (tertiary/aromatic N) is 1. The van der Waals surface area contributed by atoms with E-state index in [4.69, 9.17) is 0 Å². The number of rotatable bonds is 7. The number of sulfone groups is 1. The minimum atomic E-state index is -6.12. The summed E-state index contributed by atoms with van der Waals surface area (Å²) in [6.07, 6.45) is -9.85. The molecule has 1 aliphatic rings. The van der Waals surface area contributed by atoms with Gasteiger partial charge < -0.3 is 10.4 Å². The number of alkyl halides is 6. The van der Waals surface area contributed by atoms with Crippen LogP contribution in [0.25, 0.3) is 0 Å². The molecular weight excluding hydrogens is 569 g/mol. The zero-order valence-corrected chi connectivity index (χ0v) is 21.1. The number of carbonyl (C=O) groups is 1. The first kappa shape index (κ1) is 29.5. The molecule has 1 fully saturated rings. The predicted molar refractivity (Wildman–Crippen MR) is 127 cm³/mol. The smallest absolute Gasteiger partial charge is 0.369 e. The van der Waals surface area contributed by atoms with Crippen molar-refractivity contribution in [2.75, 3.05) is 0 Å². The van der Waals surface area contributed by atoms with Crippen molar-refractivity contribution < 1.29 is 49.1 Å². The number of hydrogen-bond donors (Lipinski definition) is 2. The Hall–Kier alpha value is -3.52. The third-order valence-electron chi connectivity index (χ3n) is 6.92. The van der Waals surface area contributed by atoms with Gasteiger partial charge >= 0.3 is 12.4 Å². The molecule has 1 aromatic heterocycles. The first-order valence-corrected chi connectivity index (χ1v) is 13.1. The van der Waals surface area contributed by atoms with Crippen LogP contribution in [0.5, 0.6) is 0 Å². The van der Waals surface area contributed by atoms with Crippen LogP contribution in [-0.2, 0) is 31.4 Å². The monoisotopic (exact) mass is 590 g/mol. The lowest BCUT2D eigenvalue weighted by atomic mass is 9.74. The number of nitrogens with one attached hydrogen (secondary N) is 1. The van der Waals surface area contributed by atoms with Crippen LogP contribution >= 0.6 is 0 Å². The summed E-state index contributed by atoms with van der Waals surface area (Å²) in [6, 6.07) is 8.55. The Balaban J connectivity index is 1.68. The second-order valence-electron chi connectivity index (χ2n) is 9.44. The molecule has 214 valence electrons. The molecule has 0 radical (unpaired) electrons. The Morgan fingerprint density at radius 1 is 0.900 bits per heavy atom. The summed E-state index contributed by atoms with van der Waals surface area (Å²) in [5.74, 6) is -1.18. The molecule has 1 amide bonds. The molecule has 6 nitrogen and oxygen atoms in total. The molecule has 14 heteroatoms. The predicted octanol–water partition coefficient (Wildman–Crippen LogP) is 4.72. The van der Waals surface area contributed by atoms with Crippen molar-refractivity contribution in [3.63, 3.8) is 0 Å². The summed E-state index contributed by atoms with van der Waals surface area (Å²) in [7, 11) is -4.40. The van der Waals surface area contributed by atoms with Gasteiger partial charge in [-0.1, -0.05) is 24.3 Å². The molecule has 1 saturated carbocycles. The highest BCUT2D eigenvalue weighted by molar-refractivity contribution is 7.92. The topological polar surface area (TPSA) is 96.4 Å². The van der Waals surface area contributed by atoms with E-state index in [1.165, 1.54) is 12.4 Å². The molecule has 2 aromatic carbocycles. The Labute approximate surface area is 223 Å². The molecule has 0 bridgehead atoms. The number of aromatic nitrogens is 1. The van der Waals surface area contributed by atoms with E-state index < -0.39 is 55.9 Å². The first-order valence-electron chi connectivity index (χ1n) is 11.7. The normalized spacial score (nSPS) is 20.1. The van der Waals surface area contributed by atoms with Crippen molar-refractivity contribution in [2.24, 2.45) is 0 Å². The fourth-order valence-corrected chi connectivity index (χ4v) is 6.99. The van der Waals surface area contributed by atoms with E-state index in [1.54, 1.807) is 12.1 Å². The van der Waals surface area contributed by atoms with Crippen molar-refractivity contribution in [3.8, 4) is 0 Å². The van der Waals surface area contributed by atoms with Gasteiger partial charge in [0.05, 0.1) is 11.3 Å². The van der Waals surface area contributed by atoms with Crippen molar-refractivity contribution in [3.05, 3.63) is 95.6 Å². The van der Waals surface area contributed by atoms with Crippen LogP contribution in [0, 0.1) is 5.82 Å². The Kier molecular flexibility index (Phi) is 7.47. The van der Waals surface area contributed by atoms with E-state index in [2.05, 4.69) is 10.3 Å². The van der Waals surface area contributed by atoms with Crippen molar-refractivity contribution in [1.82, 2.24) is 10.3 Å². The molecule has 0 unspecified atom stereocenters. The third-order valence-corrected chi connectivity index (χ3v) is 9.41. The van der Waals surface area contributed by atoms with Gasteiger partial charge in [0.2, 0.25) is 5.91 Å². The maximum Gasteiger partial charge on any atom is 0.430 e. The quantitative estimate of drug-likeness (QED) is 0.307. The fraction of sp³-hybridized carbons (Fsp3) is 0.308. The molecule has 0 spiro atoms. The first-order chi connectivity index (χ1) is 18.5. The largest absolute Gasteiger partial charge is 0.430 e. The molecule has 0 aliphatic heterocycles. The maximum atomic E-state index is 13.7. The van der Waals surface area contributed by atoms with Gasteiger partial charge in [0.1, 0.15) is 10.6 Å². The molecule has 1 heterocycles. The number of aliphatic hydroxyl groups is 1. The lowest BCUT2D eigenvalue weighted by Crippen LogP contribution is -2.57. The summed E-state index contributed by atoms with van der Waals surface area (Å²) in [5.41, 5.74) is -6.27. The highest BCUT2D eigenvalue weighted by Gasteiger charge is 2.71. The molecule has 0 saturated heterocycles. The van der Waals surface area contributed by atoms with Gasteiger partial charge in [0, 0.05) is 24.0 Å². The summed E-state index contributed by atoms with van der Waals surface area (Å²) in [4.78, 5) is 16.0. The van der Waals surface area contributed by atoms with Crippen molar-refractivity contribution >= 4 is 15.7 Å². The van der Waals surface area contributed by atoms with Gasteiger partial charge in [-0.25, -0.2) is 12.8 Å². The molecule has 0 atom stereocenters. The number of amides is 1. The average Bonchev–Trinajstić information content (AvgIpc) is 2.85. The van der Waals surface area contributed by atoms with Crippen molar-refractivity contribution in [2.45, 2.75) is 52.9 Å². The third kappa shape index (κ3) is 5.05. The van der Waals surface area contributed by atoms with Gasteiger partial charge in [-0.15, -0.1) is 0 Å². The van der Waals surface area contributed by atoms with E-state index in [0.717, 1.165) is 36.4 Å².